The third kappa shape index (κ3) is 59.1. The summed E-state index contributed by atoms with van der Waals surface area (Å²) in [5, 5.41) is 0. The average molecular weight is 1020 g/mol. The van der Waals surface area contributed by atoms with Crippen LogP contribution in [0.3, 0.4) is 0 Å². The Morgan fingerprint density at radius 3 is 0.863 bits per heavy atom. The van der Waals surface area contributed by atoms with Gasteiger partial charge in [-0.2, -0.15) is 0 Å². The zero-order valence-corrected chi connectivity index (χ0v) is 47.9. The van der Waals surface area contributed by atoms with Gasteiger partial charge in [0, 0.05) is 19.3 Å². The van der Waals surface area contributed by atoms with Gasteiger partial charge < -0.3 is 14.2 Å². The lowest BCUT2D eigenvalue weighted by Crippen LogP contribution is -2.30. The first kappa shape index (κ1) is 69.3. The molecule has 0 aromatic carbocycles. The first-order valence-electron chi connectivity index (χ1n) is 30.7. The van der Waals surface area contributed by atoms with Crippen molar-refractivity contribution in [2.24, 2.45) is 0 Å². The fourth-order valence-electron chi connectivity index (χ4n) is 8.44. The SMILES string of the molecule is CC/C=C\C/C=C\C/C=C\C/C=C\C/C=C\CCCCCCCC(=O)OCC(COC(=O)CCCCCCC/C=C\CCCCCCCCC)OC(=O)CCCCCCCCC/C=C\C/C=C\CCCCCC. The Morgan fingerprint density at radius 1 is 0.288 bits per heavy atom. The van der Waals surface area contributed by atoms with Crippen molar-refractivity contribution in [1.82, 2.24) is 0 Å². The summed E-state index contributed by atoms with van der Waals surface area (Å²) >= 11 is 0. The number of hydrogen-bond donors (Lipinski definition) is 0. The summed E-state index contributed by atoms with van der Waals surface area (Å²) in [6, 6.07) is 0. The largest absolute Gasteiger partial charge is 0.462 e. The number of allylic oxidation sites excluding steroid dienone is 16. The van der Waals surface area contributed by atoms with E-state index in [9.17, 15) is 14.4 Å². The zero-order chi connectivity index (χ0) is 52.9. The maximum atomic E-state index is 12.9. The van der Waals surface area contributed by atoms with Crippen molar-refractivity contribution in [3.05, 3.63) is 97.2 Å². The van der Waals surface area contributed by atoms with Crippen LogP contribution in [-0.4, -0.2) is 37.2 Å². The molecule has 0 aliphatic heterocycles. The fourth-order valence-corrected chi connectivity index (χ4v) is 8.44. The third-order valence-corrected chi connectivity index (χ3v) is 13.0. The average Bonchev–Trinajstić information content (AvgIpc) is 3.39. The molecule has 0 fully saturated rings. The Morgan fingerprint density at radius 2 is 0.534 bits per heavy atom. The predicted octanol–water partition coefficient (Wildman–Crippen LogP) is 20.9. The maximum Gasteiger partial charge on any atom is 0.306 e. The minimum atomic E-state index is -0.796. The summed E-state index contributed by atoms with van der Waals surface area (Å²) in [5.74, 6) is -0.919. The van der Waals surface area contributed by atoms with Gasteiger partial charge in [-0.3, -0.25) is 14.4 Å². The number of ether oxygens (including phenoxy) is 3. The van der Waals surface area contributed by atoms with Gasteiger partial charge in [0.05, 0.1) is 0 Å². The van der Waals surface area contributed by atoms with Crippen molar-refractivity contribution in [3.8, 4) is 0 Å². The molecule has 6 heteroatoms. The smallest absolute Gasteiger partial charge is 0.306 e. The van der Waals surface area contributed by atoms with Crippen LogP contribution >= 0.6 is 0 Å². The molecule has 0 rings (SSSR count). The molecule has 418 valence electrons. The van der Waals surface area contributed by atoms with Gasteiger partial charge in [-0.15, -0.1) is 0 Å². The van der Waals surface area contributed by atoms with Crippen LogP contribution in [0.15, 0.2) is 97.2 Å². The number of carbonyl (C=O) groups excluding carboxylic acids is 3. The Hall–Kier alpha value is -3.67. The van der Waals surface area contributed by atoms with E-state index >= 15 is 0 Å². The molecule has 0 aromatic rings. The predicted molar refractivity (Wildman–Crippen MR) is 316 cm³/mol. The van der Waals surface area contributed by atoms with E-state index < -0.39 is 6.10 Å². The highest BCUT2D eigenvalue weighted by molar-refractivity contribution is 5.71. The van der Waals surface area contributed by atoms with Gasteiger partial charge in [0.15, 0.2) is 6.10 Å². The molecule has 0 spiro atoms. The minimum absolute atomic E-state index is 0.0913. The van der Waals surface area contributed by atoms with E-state index in [0.717, 1.165) is 128 Å². The summed E-state index contributed by atoms with van der Waals surface area (Å²) in [6.45, 7) is 6.50. The second kappa shape index (κ2) is 60.9. The lowest BCUT2D eigenvalue weighted by Gasteiger charge is -2.18. The Kier molecular flexibility index (Phi) is 57.8. The van der Waals surface area contributed by atoms with Gasteiger partial charge in [-0.1, -0.05) is 246 Å². The van der Waals surface area contributed by atoms with E-state index in [0.29, 0.717) is 19.3 Å². The van der Waals surface area contributed by atoms with Crippen molar-refractivity contribution in [3.63, 3.8) is 0 Å². The van der Waals surface area contributed by atoms with E-state index in [1.807, 2.05) is 0 Å². The first-order valence-corrected chi connectivity index (χ1v) is 30.7. The van der Waals surface area contributed by atoms with Crippen molar-refractivity contribution >= 4 is 17.9 Å². The Balaban J connectivity index is 4.45. The molecule has 0 heterocycles. The van der Waals surface area contributed by atoms with Crippen LogP contribution in [0.2, 0.25) is 0 Å². The maximum absolute atomic E-state index is 12.9. The molecule has 73 heavy (non-hydrogen) atoms. The standard InChI is InChI=1S/C67H114O6/c1-4-7-10-13-16-19-22-25-28-31-33-34-35-37-39-42-45-48-51-54-57-60-66(69)72-63-64(62-71-65(68)59-56-53-50-47-44-41-38-30-27-24-21-18-15-12-9-6-3)73-67(70)61-58-55-52-49-46-43-40-36-32-29-26-23-20-17-14-11-8-5-2/h7,10,16,19-20,23,25,28-30,32-34,37-39,64H,4-6,8-9,11-15,17-18,21-22,24,26-27,31,35-36,40-63H2,1-3H3/b10-7-,19-16-,23-20-,28-25-,32-29-,34-33-,38-30-,39-37-. The monoisotopic (exact) mass is 1010 g/mol. The highest BCUT2D eigenvalue weighted by atomic mass is 16.6. The fraction of sp³-hybridized carbons (Fsp3) is 0.716. The van der Waals surface area contributed by atoms with Crippen molar-refractivity contribution in [2.45, 2.75) is 297 Å². The summed E-state index contributed by atoms with van der Waals surface area (Å²) in [5.41, 5.74) is 0. The number of unbranched alkanes of at least 4 members (excludes halogenated alkanes) is 28. The molecule has 0 aromatic heterocycles. The highest BCUT2D eigenvalue weighted by Crippen LogP contribution is 2.15. The molecule has 0 amide bonds. The van der Waals surface area contributed by atoms with Gasteiger partial charge in [-0.25, -0.2) is 0 Å². The van der Waals surface area contributed by atoms with Crippen LogP contribution in [0.4, 0.5) is 0 Å². The molecule has 6 nitrogen and oxygen atoms in total. The van der Waals surface area contributed by atoms with E-state index in [1.54, 1.807) is 0 Å². The number of rotatable bonds is 55. The zero-order valence-electron chi connectivity index (χ0n) is 47.9. The molecule has 0 saturated heterocycles. The van der Waals surface area contributed by atoms with E-state index in [2.05, 4.69) is 118 Å². The minimum Gasteiger partial charge on any atom is -0.462 e. The van der Waals surface area contributed by atoms with Crippen molar-refractivity contribution in [1.29, 1.82) is 0 Å². The quantitative estimate of drug-likeness (QED) is 0.0261. The van der Waals surface area contributed by atoms with Crippen LogP contribution in [0.25, 0.3) is 0 Å². The first-order chi connectivity index (χ1) is 36.0. The van der Waals surface area contributed by atoms with E-state index in [-0.39, 0.29) is 31.1 Å². The summed E-state index contributed by atoms with van der Waals surface area (Å²) in [7, 11) is 0. The van der Waals surface area contributed by atoms with Crippen LogP contribution in [0, 0.1) is 0 Å². The second-order valence-electron chi connectivity index (χ2n) is 20.2. The molecular weight excluding hydrogens is 901 g/mol. The molecule has 0 N–H and O–H groups in total. The second-order valence-corrected chi connectivity index (χ2v) is 20.2. The molecule has 1 unspecified atom stereocenters. The van der Waals surface area contributed by atoms with Crippen LogP contribution < -0.4 is 0 Å². The Bertz CT molecular complexity index is 1440. The Labute approximate surface area is 451 Å². The summed E-state index contributed by atoms with van der Waals surface area (Å²) in [6.07, 6.45) is 81.1. The summed E-state index contributed by atoms with van der Waals surface area (Å²) in [4.78, 5) is 38.3. The molecule has 0 aliphatic rings. The van der Waals surface area contributed by atoms with Gasteiger partial charge in [-0.05, 0) is 122 Å². The lowest BCUT2D eigenvalue weighted by molar-refractivity contribution is -0.167. The van der Waals surface area contributed by atoms with Gasteiger partial charge >= 0.3 is 17.9 Å². The molecule has 0 aliphatic carbocycles. The summed E-state index contributed by atoms with van der Waals surface area (Å²) < 4.78 is 16.9. The molecule has 1 atom stereocenters. The van der Waals surface area contributed by atoms with Crippen molar-refractivity contribution < 1.29 is 28.6 Å². The number of carbonyl (C=O) groups is 3. The lowest BCUT2D eigenvalue weighted by atomic mass is 10.1. The van der Waals surface area contributed by atoms with Gasteiger partial charge in [0.2, 0.25) is 0 Å². The van der Waals surface area contributed by atoms with Crippen LogP contribution in [-0.2, 0) is 28.6 Å². The van der Waals surface area contributed by atoms with E-state index in [4.69, 9.17) is 14.2 Å². The highest BCUT2D eigenvalue weighted by Gasteiger charge is 2.19. The van der Waals surface area contributed by atoms with E-state index in [1.165, 1.54) is 122 Å². The van der Waals surface area contributed by atoms with Gasteiger partial charge in [0.1, 0.15) is 13.2 Å². The van der Waals surface area contributed by atoms with Crippen LogP contribution in [0.5, 0.6) is 0 Å². The molecular formula is C67H114O6. The van der Waals surface area contributed by atoms with Crippen LogP contribution in [0.1, 0.15) is 290 Å². The number of esters is 3. The van der Waals surface area contributed by atoms with Gasteiger partial charge in [0.25, 0.3) is 0 Å². The normalized spacial score (nSPS) is 12.8. The number of hydrogen-bond acceptors (Lipinski definition) is 6. The molecule has 0 radical (unpaired) electrons. The molecule has 0 bridgehead atoms. The third-order valence-electron chi connectivity index (χ3n) is 13.0. The molecule has 0 saturated carbocycles. The van der Waals surface area contributed by atoms with Crippen molar-refractivity contribution in [2.75, 3.05) is 13.2 Å². The topological polar surface area (TPSA) is 78.9 Å².